The van der Waals surface area contributed by atoms with Crippen molar-refractivity contribution in [2.75, 3.05) is 19.6 Å². The number of amides is 1. The molecular formula is C22H20N4O. The molecule has 1 atom stereocenters. The van der Waals surface area contributed by atoms with Gasteiger partial charge in [0.1, 0.15) is 11.9 Å². The van der Waals surface area contributed by atoms with Crippen LogP contribution in [0, 0.1) is 0 Å². The maximum absolute atomic E-state index is 13.3. The molecule has 134 valence electrons. The zero-order valence-electron chi connectivity index (χ0n) is 14.9. The second-order valence-electron chi connectivity index (χ2n) is 6.92. The van der Waals surface area contributed by atoms with Crippen LogP contribution in [0.4, 0.5) is 0 Å². The van der Waals surface area contributed by atoms with E-state index >= 15 is 0 Å². The number of aromatic nitrogens is 2. The van der Waals surface area contributed by atoms with Gasteiger partial charge in [0, 0.05) is 25.2 Å². The fourth-order valence-electron chi connectivity index (χ4n) is 3.81. The fraction of sp³-hybridized carbons (Fsp3) is 0.182. The van der Waals surface area contributed by atoms with Crippen LogP contribution < -0.4 is 5.32 Å². The van der Waals surface area contributed by atoms with E-state index in [2.05, 4.69) is 16.4 Å². The molecule has 1 amide bonds. The quantitative estimate of drug-likeness (QED) is 0.578. The molecule has 1 unspecified atom stereocenters. The van der Waals surface area contributed by atoms with Crippen LogP contribution >= 0.6 is 0 Å². The molecule has 3 aromatic carbocycles. The lowest BCUT2D eigenvalue weighted by atomic mass is 10.0. The predicted molar refractivity (Wildman–Crippen MR) is 107 cm³/mol. The summed E-state index contributed by atoms with van der Waals surface area (Å²) in [6.07, 6.45) is 0. The Hall–Kier alpha value is -3.18. The highest BCUT2D eigenvalue weighted by molar-refractivity contribution is 5.98. The number of carbonyl (C=O) groups excluding carboxylic acids is 1. The fourth-order valence-corrected chi connectivity index (χ4v) is 3.81. The van der Waals surface area contributed by atoms with Crippen molar-refractivity contribution >= 4 is 27.7 Å². The Morgan fingerprint density at radius 1 is 1.00 bits per heavy atom. The molecule has 27 heavy (non-hydrogen) atoms. The van der Waals surface area contributed by atoms with Crippen LogP contribution in [0.5, 0.6) is 0 Å². The number of H-pyrrole nitrogens is 1. The highest BCUT2D eigenvalue weighted by Crippen LogP contribution is 2.25. The van der Waals surface area contributed by atoms with Gasteiger partial charge in [0.25, 0.3) is 5.91 Å². The average Bonchev–Trinajstić information content (AvgIpc) is 3.17. The Kier molecular flexibility index (Phi) is 3.87. The lowest BCUT2D eigenvalue weighted by Gasteiger charge is -2.35. The topological polar surface area (TPSA) is 61.0 Å². The lowest BCUT2D eigenvalue weighted by molar-refractivity contribution is 0.0625. The minimum absolute atomic E-state index is 0.0488. The zero-order valence-corrected chi connectivity index (χ0v) is 14.9. The van der Waals surface area contributed by atoms with Gasteiger partial charge in [-0.1, -0.05) is 42.5 Å². The Morgan fingerprint density at radius 3 is 2.70 bits per heavy atom. The van der Waals surface area contributed by atoms with Crippen LogP contribution in [0.3, 0.4) is 0 Å². The Bertz CT molecular complexity index is 1100. The van der Waals surface area contributed by atoms with E-state index in [1.54, 1.807) is 0 Å². The Morgan fingerprint density at radius 2 is 1.81 bits per heavy atom. The van der Waals surface area contributed by atoms with E-state index in [1.165, 1.54) is 0 Å². The largest absolute Gasteiger partial charge is 0.340 e. The smallest absolute Gasteiger partial charge is 0.254 e. The summed E-state index contributed by atoms with van der Waals surface area (Å²) in [4.78, 5) is 23.3. The molecule has 5 nitrogen and oxygen atoms in total. The molecule has 5 rings (SSSR count). The number of hydrogen-bond donors (Lipinski definition) is 2. The van der Waals surface area contributed by atoms with Crippen molar-refractivity contribution in [3.05, 3.63) is 78.1 Å². The number of piperazine rings is 1. The molecule has 4 aromatic rings. The molecule has 0 spiro atoms. The summed E-state index contributed by atoms with van der Waals surface area (Å²) in [5, 5.41) is 5.61. The summed E-state index contributed by atoms with van der Waals surface area (Å²) >= 11 is 0. The number of hydrogen-bond acceptors (Lipinski definition) is 3. The molecule has 1 aliphatic heterocycles. The number of nitrogens with zero attached hydrogens (tertiary/aromatic N) is 2. The molecule has 5 heteroatoms. The number of carbonyl (C=O) groups is 1. The standard InChI is InChI=1S/C22H20N4O/c27-22(17-10-9-15-5-1-2-6-16(15)13-17)26-12-11-23-14-20(26)21-24-18-7-3-4-8-19(18)25-21/h1-10,13,20,23H,11-12,14H2,(H,24,25). The van der Waals surface area contributed by atoms with Crippen LogP contribution in [0.15, 0.2) is 66.7 Å². The summed E-state index contributed by atoms with van der Waals surface area (Å²) in [5.41, 5.74) is 2.64. The van der Waals surface area contributed by atoms with Gasteiger partial charge >= 0.3 is 0 Å². The van der Waals surface area contributed by atoms with Gasteiger partial charge in [-0.3, -0.25) is 4.79 Å². The number of benzene rings is 3. The van der Waals surface area contributed by atoms with E-state index in [0.717, 1.165) is 39.7 Å². The number of rotatable bonds is 2. The van der Waals surface area contributed by atoms with E-state index in [1.807, 2.05) is 65.6 Å². The second-order valence-corrected chi connectivity index (χ2v) is 6.92. The monoisotopic (exact) mass is 356 g/mol. The summed E-state index contributed by atoms with van der Waals surface area (Å²) in [5.74, 6) is 0.880. The third-order valence-corrected chi connectivity index (χ3v) is 5.22. The van der Waals surface area contributed by atoms with Crippen LogP contribution in [0.1, 0.15) is 22.2 Å². The number of fused-ring (bicyclic) bond motifs is 2. The van der Waals surface area contributed by atoms with Crippen LogP contribution in [0.2, 0.25) is 0 Å². The lowest BCUT2D eigenvalue weighted by Crippen LogP contribution is -2.49. The van der Waals surface area contributed by atoms with Gasteiger partial charge < -0.3 is 15.2 Å². The van der Waals surface area contributed by atoms with Crippen molar-refractivity contribution in [3.63, 3.8) is 0 Å². The van der Waals surface area contributed by atoms with Crippen molar-refractivity contribution in [2.24, 2.45) is 0 Å². The predicted octanol–water partition coefficient (Wildman–Crippen LogP) is 3.50. The van der Waals surface area contributed by atoms with Crippen LogP contribution in [-0.2, 0) is 0 Å². The van der Waals surface area contributed by atoms with E-state index in [-0.39, 0.29) is 11.9 Å². The first-order chi connectivity index (χ1) is 13.3. The number of imidazole rings is 1. The molecule has 1 saturated heterocycles. The van der Waals surface area contributed by atoms with E-state index < -0.39 is 0 Å². The number of nitrogens with one attached hydrogen (secondary N) is 2. The van der Waals surface area contributed by atoms with Crippen molar-refractivity contribution in [2.45, 2.75) is 6.04 Å². The number of para-hydroxylation sites is 2. The van der Waals surface area contributed by atoms with Crippen LogP contribution in [0.25, 0.3) is 21.8 Å². The first kappa shape index (κ1) is 16.0. The summed E-state index contributed by atoms with van der Waals surface area (Å²) in [6.45, 7) is 2.14. The van der Waals surface area contributed by atoms with Gasteiger partial charge in [0.15, 0.2) is 0 Å². The van der Waals surface area contributed by atoms with Crippen LogP contribution in [-0.4, -0.2) is 40.4 Å². The molecule has 1 aromatic heterocycles. The van der Waals surface area contributed by atoms with Gasteiger partial charge in [-0.05, 0) is 35.0 Å². The first-order valence-electron chi connectivity index (χ1n) is 9.25. The van der Waals surface area contributed by atoms with Gasteiger partial charge in [-0.2, -0.15) is 0 Å². The molecule has 0 radical (unpaired) electrons. The normalized spacial score (nSPS) is 17.5. The first-order valence-corrected chi connectivity index (χ1v) is 9.25. The third-order valence-electron chi connectivity index (χ3n) is 5.22. The molecule has 2 N–H and O–H groups in total. The molecule has 2 heterocycles. The minimum Gasteiger partial charge on any atom is -0.340 e. The molecule has 0 aliphatic carbocycles. The maximum atomic E-state index is 13.3. The molecule has 1 fully saturated rings. The molecule has 0 saturated carbocycles. The van der Waals surface area contributed by atoms with E-state index in [0.29, 0.717) is 13.1 Å². The Balaban J connectivity index is 1.51. The van der Waals surface area contributed by atoms with Crippen molar-refractivity contribution in [1.29, 1.82) is 0 Å². The second kappa shape index (κ2) is 6.52. The SMILES string of the molecule is O=C(c1ccc2ccccc2c1)N1CCNCC1c1nc2ccccc2[nH]1. The van der Waals surface area contributed by atoms with Gasteiger partial charge in [-0.15, -0.1) is 0 Å². The maximum Gasteiger partial charge on any atom is 0.254 e. The van der Waals surface area contributed by atoms with Gasteiger partial charge in [-0.25, -0.2) is 4.98 Å². The number of aromatic amines is 1. The Labute approximate surface area is 157 Å². The van der Waals surface area contributed by atoms with E-state index in [9.17, 15) is 4.79 Å². The third kappa shape index (κ3) is 2.86. The highest BCUT2D eigenvalue weighted by atomic mass is 16.2. The zero-order chi connectivity index (χ0) is 18.2. The summed E-state index contributed by atoms with van der Waals surface area (Å²) in [6, 6.07) is 21.9. The van der Waals surface area contributed by atoms with Crippen molar-refractivity contribution < 1.29 is 4.79 Å². The molecular weight excluding hydrogens is 336 g/mol. The average molecular weight is 356 g/mol. The van der Waals surface area contributed by atoms with Gasteiger partial charge in [0.2, 0.25) is 0 Å². The molecule has 1 aliphatic rings. The molecule has 0 bridgehead atoms. The summed E-state index contributed by atoms with van der Waals surface area (Å²) < 4.78 is 0. The van der Waals surface area contributed by atoms with Crippen molar-refractivity contribution in [1.82, 2.24) is 20.2 Å². The van der Waals surface area contributed by atoms with Gasteiger partial charge in [0.05, 0.1) is 11.0 Å². The summed E-state index contributed by atoms with van der Waals surface area (Å²) in [7, 11) is 0. The minimum atomic E-state index is -0.106. The van der Waals surface area contributed by atoms with Crippen molar-refractivity contribution in [3.8, 4) is 0 Å². The van der Waals surface area contributed by atoms with E-state index in [4.69, 9.17) is 4.98 Å². The highest BCUT2D eigenvalue weighted by Gasteiger charge is 2.30.